The maximum Gasteiger partial charge on any atom is 0.129 e. The van der Waals surface area contributed by atoms with Gasteiger partial charge in [0.15, 0.2) is 0 Å². The minimum Gasteiger partial charge on any atom is -0.496 e. The highest BCUT2D eigenvalue weighted by Crippen LogP contribution is 2.29. The fourth-order valence-corrected chi connectivity index (χ4v) is 3.02. The highest BCUT2D eigenvalue weighted by molar-refractivity contribution is 9.10. The number of hydrogen-bond acceptors (Lipinski definition) is 2. The summed E-state index contributed by atoms with van der Waals surface area (Å²) < 4.78 is 21.2. The molecule has 1 unspecified atom stereocenters. The molecule has 0 heterocycles. The molecule has 5 heteroatoms. The van der Waals surface area contributed by atoms with Crippen LogP contribution in [0.2, 0.25) is 0 Å². The normalized spacial score (nSPS) is 12.2. The minimum atomic E-state index is -0.224. The molecule has 2 rings (SSSR count). The monoisotopic (exact) mass is 415 g/mol. The van der Waals surface area contributed by atoms with Crippen molar-refractivity contribution < 1.29 is 9.13 Å². The lowest BCUT2D eigenvalue weighted by atomic mass is 9.98. The summed E-state index contributed by atoms with van der Waals surface area (Å²) in [4.78, 5) is 0. The van der Waals surface area contributed by atoms with Gasteiger partial charge in [0.2, 0.25) is 0 Å². The average Bonchev–Trinajstić information content (AvgIpc) is 2.45. The summed E-state index contributed by atoms with van der Waals surface area (Å²) in [6.07, 6.45) is 0.637. The van der Waals surface area contributed by atoms with Crippen LogP contribution < -0.4 is 10.1 Å². The van der Waals surface area contributed by atoms with Crippen LogP contribution in [-0.2, 0) is 6.42 Å². The molecular formula is C16H16Br2FNO. The van der Waals surface area contributed by atoms with Gasteiger partial charge >= 0.3 is 0 Å². The zero-order chi connectivity index (χ0) is 15.4. The quantitative estimate of drug-likeness (QED) is 0.751. The van der Waals surface area contributed by atoms with Crippen LogP contribution >= 0.6 is 31.9 Å². The Kier molecular flexibility index (Phi) is 5.79. The van der Waals surface area contributed by atoms with E-state index in [0.29, 0.717) is 12.0 Å². The summed E-state index contributed by atoms with van der Waals surface area (Å²) in [5, 5.41) is 3.17. The van der Waals surface area contributed by atoms with Gasteiger partial charge in [0, 0.05) is 20.6 Å². The molecule has 2 aromatic rings. The standard InChI is InChI=1S/C16H16Br2FNO/c1-20-15(13-5-3-12(18)9-14(13)19)8-10-7-11(17)4-6-16(10)21-2/h3-7,9,15,20H,8H2,1-2H3. The van der Waals surface area contributed by atoms with Crippen LogP contribution in [0.4, 0.5) is 4.39 Å². The van der Waals surface area contributed by atoms with E-state index in [1.54, 1.807) is 13.2 Å². The van der Waals surface area contributed by atoms with Crippen LogP contribution in [0.15, 0.2) is 45.3 Å². The van der Waals surface area contributed by atoms with Gasteiger partial charge in [-0.1, -0.05) is 37.9 Å². The molecule has 0 aliphatic heterocycles. The third-order valence-corrected chi connectivity index (χ3v) is 4.34. The minimum absolute atomic E-state index is 0.124. The van der Waals surface area contributed by atoms with E-state index in [1.165, 1.54) is 6.07 Å². The summed E-state index contributed by atoms with van der Waals surface area (Å²) in [5.41, 5.74) is 1.66. The molecule has 1 N–H and O–H groups in total. The second kappa shape index (κ2) is 7.38. The first-order valence-corrected chi connectivity index (χ1v) is 8.08. The van der Waals surface area contributed by atoms with Crippen molar-refractivity contribution in [1.29, 1.82) is 0 Å². The number of benzene rings is 2. The van der Waals surface area contributed by atoms with E-state index in [9.17, 15) is 4.39 Å². The Balaban J connectivity index is 2.33. The summed E-state index contributed by atoms with van der Waals surface area (Å²) in [5.74, 6) is 0.577. The molecule has 0 radical (unpaired) electrons. The van der Waals surface area contributed by atoms with Crippen molar-refractivity contribution in [1.82, 2.24) is 5.32 Å². The van der Waals surface area contributed by atoms with Gasteiger partial charge in [-0.05, 0) is 49.4 Å². The Morgan fingerprint density at radius 2 is 1.81 bits per heavy atom. The highest BCUT2D eigenvalue weighted by Gasteiger charge is 2.17. The fraction of sp³-hybridized carbons (Fsp3) is 0.250. The Labute approximate surface area is 141 Å². The zero-order valence-corrected chi connectivity index (χ0v) is 15.0. The van der Waals surface area contributed by atoms with Crippen molar-refractivity contribution in [2.75, 3.05) is 14.2 Å². The Morgan fingerprint density at radius 3 is 2.43 bits per heavy atom. The number of ether oxygens (including phenoxy) is 1. The van der Waals surface area contributed by atoms with Gasteiger partial charge in [-0.25, -0.2) is 4.39 Å². The van der Waals surface area contributed by atoms with Crippen molar-refractivity contribution in [2.45, 2.75) is 12.5 Å². The predicted molar refractivity (Wildman–Crippen MR) is 90.3 cm³/mol. The number of hydrogen-bond donors (Lipinski definition) is 1. The Bertz CT molecular complexity index is 634. The van der Waals surface area contributed by atoms with Crippen LogP contribution in [0.5, 0.6) is 5.75 Å². The van der Waals surface area contributed by atoms with Gasteiger partial charge in [0.05, 0.1) is 7.11 Å². The third-order valence-electron chi connectivity index (χ3n) is 3.35. The van der Waals surface area contributed by atoms with Crippen molar-refractivity contribution in [3.05, 3.63) is 62.3 Å². The average molecular weight is 417 g/mol. The molecule has 1 atom stereocenters. The van der Waals surface area contributed by atoms with Crippen LogP contribution in [0.1, 0.15) is 17.2 Å². The highest BCUT2D eigenvalue weighted by atomic mass is 79.9. The molecule has 0 saturated carbocycles. The molecule has 112 valence electrons. The molecule has 0 fully saturated rings. The number of methoxy groups -OCH3 is 1. The molecule has 2 nitrogen and oxygen atoms in total. The first-order valence-electron chi connectivity index (χ1n) is 6.49. The number of rotatable bonds is 5. The van der Waals surface area contributed by atoms with Crippen LogP contribution in [0.25, 0.3) is 0 Å². The van der Waals surface area contributed by atoms with E-state index in [-0.39, 0.29) is 11.9 Å². The summed E-state index contributed by atoms with van der Waals surface area (Å²) in [6.45, 7) is 0. The zero-order valence-electron chi connectivity index (χ0n) is 11.8. The van der Waals surface area contributed by atoms with Crippen LogP contribution in [-0.4, -0.2) is 14.2 Å². The van der Waals surface area contributed by atoms with E-state index in [1.807, 2.05) is 31.3 Å². The largest absolute Gasteiger partial charge is 0.496 e. The maximum atomic E-state index is 14.1. The lowest BCUT2D eigenvalue weighted by molar-refractivity contribution is 0.405. The Morgan fingerprint density at radius 1 is 1.14 bits per heavy atom. The lowest BCUT2D eigenvalue weighted by Gasteiger charge is -2.19. The second-order valence-corrected chi connectivity index (χ2v) is 6.50. The maximum absolute atomic E-state index is 14.1. The first kappa shape index (κ1) is 16.5. The van der Waals surface area contributed by atoms with E-state index < -0.39 is 0 Å². The van der Waals surface area contributed by atoms with Crippen LogP contribution in [0.3, 0.4) is 0 Å². The molecule has 2 aromatic carbocycles. The van der Waals surface area contributed by atoms with E-state index >= 15 is 0 Å². The van der Waals surface area contributed by atoms with Crippen molar-refractivity contribution in [3.8, 4) is 5.75 Å². The smallest absolute Gasteiger partial charge is 0.129 e. The van der Waals surface area contributed by atoms with E-state index in [2.05, 4.69) is 37.2 Å². The SMILES string of the molecule is CNC(Cc1cc(Br)ccc1OC)c1ccc(Br)cc1F. The summed E-state index contributed by atoms with van der Waals surface area (Å²) >= 11 is 6.74. The molecule has 0 bridgehead atoms. The van der Waals surface area contributed by atoms with Gasteiger partial charge in [0.1, 0.15) is 11.6 Å². The van der Waals surface area contributed by atoms with Crippen molar-refractivity contribution in [2.24, 2.45) is 0 Å². The second-order valence-electron chi connectivity index (χ2n) is 4.67. The predicted octanol–water partition coefficient (Wildman–Crippen LogP) is 4.86. The molecule has 21 heavy (non-hydrogen) atoms. The molecule has 0 aliphatic carbocycles. The van der Waals surface area contributed by atoms with Gasteiger partial charge in [-0.3, -0.25) is 0 Å². The molecule has 0 aliphatic rings. The van der Waals surface area contributed by atoms with Gasteiger partial charge in [0.25, 0.3) is 0 Å². The first-order chi connectivity index (χ1) is 10.0. The molecular weight excluding hydrogens is 401 g/mol. The summed E-state index contributed by atoms with van der Waals surface area (Å²) in [6, 6.07) is 10.8. The van der Waals surface area contributed by atoms with E-state index in [4.69, 9.17) is 4.74 Å². The molecule has 0 amide bonds. The van der Waals surface area contributed by atoms with Crippen molar-refractivity contribution >= 4 is 31.9 Å². The number of halogens is 3. The number of nitrogens with one attached hydrogen (secondary N) is 1. The Hall–Kier alpha value is -0.910. The lowest BCUT2D eigenvalue weighted by Crippen LogP contribution is -2.20. The van der Waals surface area contributed by atoms with Crippen LogP contribution in [0, 0.1) is 5.82 Å². The molecule has 0 saturated heterocycles. The third kappa shape index (κ3) is 4.05. The van der Waals surface area contributed by atoms with Gasteiger partial charge in [-0.15, -0.1) is 0 Å². The van der Waals surface area contributed by atoms with Gasteiger partial charge < -0.3 is 10.1 Å². The van der Waals surface area contributed by atoms with Crippen molar-refractivity contribution in [3.63, 3.8) is 0 Å². The molecule has 0 spiro atoms. The molecule has 0 aromatic heterocycles. The number of likely N-dealkylation sites (N-methyl/N-ethyl adjacent to an activating group) is 1. The van der Waals surface area contributed by atoms with Gasteiger partial charge in [-0.2, -0.15) is 0 Å². The van der Waals surface area contributed by atoms with E-state index in [0.717, 1.165) is 20.3 Å². The topological polar surface area (TPSA) is 21.3 Å². The summed E-state index contributed by atoms with van der Waals surface area (Å²) in [7, 11) is 3.47. The fourth-order valence-electron chi connectivity index (χ4n) is 2.28.